The Balaban J connectivity index is 2.47. The van der Waals surface area contributed by atoms with Crippen molar-refractivity contribution >= 4 is 11.8 Å². The summed E-state index contributed by atoms with van der Waals surface area (Å²) in [5.74, 6) is -0.0357. The van der Waals surface area contributed by atoms with Gasteiger partial charge < -0.3 is 15.5 Å². The summed E-state index contributed by atoms with van der Waals surface area (Å²) in [4.78, 5) is 25.2. The maximum Gasteiger partial charge on any atom is 0.240 e. The van der Waals surface area contributed by atoms with E-state index in [9.17, 15) is 9.59 Å². The molecule has 92 valence electrons. The summed E-state index contributed by atoms with van der Waals surface area (Å²) in [6, 6.07) is -0.235. The molecule has 1 aliphatic rings. The van der Waals surface area contributed by atoms with Crippen LogP contribution in [0.1, 0.15) is 27.2 Å². The van der Waals surface area contributed by atoms with Crippen LogP contribution < -0.4 is 10.6 Å². The predicted octanol–water partition coefficient (Wildman–Crippen LogP) is -0.279. The molecule has 5 nitrogen and oxygen atoms in total. The molecular weight excluding hydrogens is 206 g/mol. The van der Waals surface area contributed by atoms with Crippen LogP contribution in [-0.2, 0) is 9.59 Å². The van der Waals surface area contributed by atoms with E-state index >= 15 is 0 Å². The van der Waals surface area contributed by atoms with Crippen LogP contribution in [0.2, 0.25) is 0 Å². The van der Waals surface area contributed by atoms with Crippen molar-refractivity contribution in [2.24, 2.45) is 0 Å². The number of hydrogen-bond donors (Lipinski definition) is 2. The third-order valence-electron chi connectivity index (χ3n) is 2.60. The quantitative estimate of drug-likeness (QED) is 0.694. The van der Waals surface area contributed by atoms with Crippen LogP contribution in [0.4, 0.5) is 0 Å². The third-order valence-corrected chi connectivity index (χ3v) is 2.60. The first-order chi connectivity index (χ1) is 7.54. The molecule has 1 aliphatic heterocycles. The smallest absolute Gasteiger partial charge is 0.240 e. The lowest BCUT2D eigenvalue weighted by Crippen LogP contribution is -2.56. The van der Waals surface area contributed by atoms with Gasteiger partial charge in [-0.3, -0.25) is 9.59 Å². The second-order valence-electron chi connectivity index (χ2n) is 4.35. The van der Waals surface area contributed by atoms with Gasteiger partial charge in [0, 0.05) is 25.7 Å². The summed E-state index contributed by atoms with van der Waals surface area (Å²) >= 11 is 0. The van der Waals surface area contributed by atoms with Gasteiger partial charge in [0.2, 0.25) is 11.8 Å². The molecule has 0 spiro atoms. The molecule has 16 heavy (non-hydrogen) atoms. The zero-order valence-corrected chi connectivity index (χ0v) is 10.2. The Labute approximate surface area is 96.6 Å². The molecule has 0 aliphatic carbocycles. The number of carbonyl (C=O) groups excluding carboxylic acids is 2. The van der Waals surface area contributed by atoms with E-state index in [0.29, 0.717) is 6.54 Å². The molecule has 1 fully saturated rings. The Morgan fingerprint density at radius 2 is 2.31 bits per heavy atom. The normalized spacial score (nSPS) is 21.4. The van der Waals surface area contributed by atoms with Crippen molar-refractivity contribution in [1.82, 2.24) is 15.5 Å². The van der Waals surface area contributed by atoms with Crippen molar-refractivity contribution in [3.05, 3.63) is 0 Å². The van der Waals surface area contributed by atoms with Crippen molar-refractivity contribution in [3.63, 3.8) is 0 Å². The maximum atomic E-state index is 11.9. The molecule has 1 rings (SSSR count). The van der Waals surface area contributed by atoms with E-state index in [4.69, 9.17) is 0 Å². The van der Waals surface area contributed by atoms with Crippen LogP contribution >= 0.6 is 0 Å². The van der Waals surface area contributed by atoms with Crippen LogP contribution in [0.15, 0.2) is 0 Å². The minimum Gasteiger partial charge on any atom is -0.354 e. The zero-order valence-electron chi connectivity index (χ0n) is 10.2. The van der Waals surface area contributed by atoms with Crippen molar-refractivity contribution < 1.29 is 9.59 Å². The number of nitrogens with one attached hydrogen (secondary N) is 2. The highest BCUT2D eigenvalue weighted by molar-refractivity contribution is 5.88. The van der Waals surface area contributed by atoms with Gasteiger partial charge >= 0.3 is 0 Å². The summed E-state index contributed by atoms with van der Waals surface area (Å²) in [6.07, 6.45) is 0.230. The summed E-state index contributed by atoms with van der Waals surface area (Å²) in [6.45, 7) is 7.98. The van der Waals surface area contributed by atoms with Gasteiger partial charge in [0.15, 0.2) is 0 Å². The topological polar surface area (TPSA) is 61.4 Å². The lowest BCUT2D eigenvalue weighted by atomic mass is 10.1. The van der Waals surface area contributed by atoms with Gasteiger partial charge in [-0.05, 0) is 20.8 Å². The van der Waals surface area contributed by atoms with Gasteiger partial charge in [-0.2, -0.15) is 0 Å². The fourth-order valence-electron chi connectivity index (χ4n) is 1.83. The predicted molar refractivity (Wildman–Crippen MR) is 61.9 cm³/mol. The van der Waals surface area contributed by atoms with Gasteiger partial charge in [-0.1, -0.05) is 0 Å². The highest BCUT2D eigenvalue weighted by Gasteiger charge is 2.28. The van der Waals surface area contributed by atoms with Crippen LogP contribution in [0, 0.1) is 0 Å². The Hall–Kier alpha value is -1.10. The molecule has 0 radical (unpaired) electrons. The van der Waals surface area contributed by atoms with Gasteiger partial charge in [0.25, 0.3) is 0 Å². The van der Waals surface area contributed by atoms with Gasteiger partial charge in [0.05, 0.1) is 12.5 Å². The zero-order chi connectivity index (χ0) is 12.1. The van der Waals surface area contributed by atoms with E-state index < -0.39 is 0 Å². The van der Waals surface area contributed by atoms with E-state index in [0.717, 1.165) is 13.1 Å². The third kappa shape index (κ3) is 3.48. The summed E-state index contributed by atoms with van der Waals surface area (Å²) in [5.41, 5.74) is 0. The molecule has 0 saturated carbocycles. The first-order valence-electron chi connectivity index (χ1n) is 5.86. The number of rotatable bonds is 4. The Morgan fingerprint density at radius 1 is 1.62 bits per heavy atom. The monoisotopic (exact) mass is 227 g/mol. The first kappa shape index (κ1) is 13.0. The summed E-state index contributed by atoms with van der Waals surface area (Å²) in [5, 5.41) is 5.88. The van der Waals surface area contributed by atoms with E-state index in [1.54, 1.807) is 4.90 Å². The number of likely N-dealkylation sites (N-methyl/N-ethyl adjacent to an activating group) is 1. The van der Waals surface area contributed by atoms with Gasteiger partial charge in [-0.15, -0.1) is 0 Å². The Kier molecular flexibility index (Phi) is 4.73. The highest BCUT2D eigenvalue weighted by Crippen LogP contribution is 2.04. The lowest BCUT2D eigenvalue weighted by Gasteiger charge is -2.32. The van der Waals surface area contributed by atoms with Gasteiger partial charge in [-0.25, -0.2) is 0 Å². The van der Waals surface area contributed by atoms with Crippen molar-refractivity contribution in [2.75, 3.05) is 19.6 Å². The maximum absolute atomic E-state index is 11.9. The number of hydrogen-bond acceptors (Lipinski definition) is 3. The molecule has 2 N–H and O–H groups in total. The average molecular weight is 227 g/mol. The van der Waals surface area contributed by atoms with Crippen molar-refractivity contribution in [3.8, 4) is 0 Å². The Morgan fingerprint density at radius 3 is 2.88 bits per heavy atom. The molecule has 1 heterocycles. The lowest BCUT2D eigenvalue weighted by molar-refractivity contribution is -0.138. The van der Waals surface area contributed by atoms with Crippen LogP contribution in [-0.4, -0.2) is 48.4 Å². The van der Waals surface area contributed by atoms with Crippen LogP contribution in [0.25, 0.3) is 0 Å². The molecular formula is C11H21N3O2. The minimum atomic E-state index is -0.354. The molecule has 5 heteroatoms. The number of carbonyl (C=O) groups is 2. The van der Waals surface area contributed by atoms with Crippen LogP contribution in [0.3, 0.4) is 0 Å². The summed E-state index contributed by atoms with van der Waals surface area (Å²) < 4.78 is 0. The fraction of sp³-hybridized carbons (Fsp3) is 0.818. The SMILES string of the molecule is CCN1CCNC(CC(=O)NC(C)C)C1=O. The Bertz CT molecular complexity index is 266. The largest absolute Gasteiger partial charge is 0.354 e. The van der Waals surface area contributed by atoms with E-state index in [1.807, 2.05) is 20.8 Å². The second kappa shape index (κ2) is 5.84. The van der Waals surface area contributed by atoms with Gasteiger partial charge in [0.1, 0.15) is 0 Å². The molecule has 0 aromatic heterocycles. The second-order valence-corrected chi connectivity index (χ2v) is 4.35. The number of amides is 2. The molecule has 2 amide bonds. The van der Waals surface area contributed by atoms with E-state index in [1.165, 1.54) is 0 Å². The standard InChI is InChI=1S/C11H21N3O2/c1-4-14-6-5-12-9(11(14)16)7-10(15)13-8(2)3/h8-9,12H,4-7H2,1-3H3,(H,13,15). The first-order valence-corrected chi connectivity index (χ1v) is 5.86. The molecule has 1 saturated heterocycles. The molecule has 1 atom stereocenters. The molecule has 0 bridgehead atoms. The molecule has 0 aromatic carbocycles. The fourth-order valence-corrected chi connectivity index (χ4v) is 1.83. The molecule has 1 unspecified atom stereocenters. The van der Waals surface area contributed by atoms with Crippen molar-refractivity contribution in [1.29, 1.82) is 0 Å². The van der Waals surface area contributed by atoms with E-state index in [2.05, 4.69) is 10.6 Å². The average Bonchev–Trinajstić information content (AvgIpc) is 2.20. The summed E-state index contributed by atoms with van der Waals surface area (Å²) in [7, 11) is 0. The minimum absolute atomic E-state index is 0.0349. The molecule has 0 aromatic rings. The van der Waals surface area contributed by atoms with Crippen molar-refractivity contribution in [2.45, 2.75) is 39.3 Å². The highest BCUT2D eigenvalue weighted by atomic mass is 16.2. The van der Waals surface area contributed by atoms with E-state index in [-0.39, 0.29) is 30.3 Å². The number of piperazine rings is 1. The van der Waals surface area contributed by atoms with Crippen LogP contribution in [0.5, 0.6) is 0 Å². The number of nitrogens with zero attached hydrogens (tertiary/aromatic N) is 1.